The Bertz CT molecular complexity index is 1410. The predicted molar refractivity (Wildman–Crippen MR) is 150 cm³/mol. The van der Waals surface area contributed by atoms with Crippen molar-refractivity contribution in [3.8, 4) is 0 Å². The molecule has 37 heavy (non-hydrogen) atoms. The molecule has 0 bridgehead atoms. The number of rotatable bonds is 6. The highest BCUT2D eigenvalue weighted by molar-refractivity contribution is 6.50. The minimum atomic E-state index is -1.45. The molecule has 4 rings (SSSR count). The van der Waals surface area contributed by atoms with Crippen LogP contribution in [0, 0.1) is 40.0 Å². The zero-order chi connectivity index (χ0) is 26.9. The number of hydrogen-bond acceptors (Lipinski definition) is 4. The predicted octanol–water partition coefficient (Wildman–Crippen LogP) is 6.44. The number of anilines is 3. The molecule has 1 aliphatic heterocycles. The van der Waals surface area contributed by atoms with Crippen LogP contribution in [-0.2, 0) is 16.0 Å². The Morgan fingerprint density at radius 3 is 2.16 bits per heavy atom. The second-order valence-corrected chi connectivity index (χ2v) is 9.68. The number of carbonyl (C=O) groups excluding carboxylic acids is 1. The fraction of sp³-hybridized carbons (Fsp3) is 0.258. The molecule has 1 heterocycles. The SMILES string of the molecule is Cc1c(C)c(C)c(N2CCCc3cc(/C=C(/C(=N)C(=O)O)C(=O)Nc4ccccc4)ccc32)c(C)c1C. The van der Waals surface area contributed by atoms with Crippen molar-refractivity contribution in [2.45, 2.75) is 47.5 Å². The normalized spacial score (nSPS) is 13.2. The summed E-state index contributed by atoms with van der Waals surface area (Å²) in [5.41, 5.74) is 10.3. The molecule has 0 saturated heterocycles. The molecule has 1 aliphatic rings. The molecular weight excluding hydrogens is 462 g/mol. The van der Waals surface area contributed by atoms with Crippen LogP contribution in [0.3, 0.4) is 0 Å². The van der Waals surface area contributed by atoms with E-state index in [2.05, 4.69) is 44.8 Å². The van der Waals surface area contributed by atoms with Crippen LogP contribution in [0.1, 0.15) is 45.4 Å². The van der Waals surface area contributed by atoms with Crippen molar-refractivity contribution in [1.82, 2.24) is 0 Å². The average molecular weight is 496 g/mol. The monoisotopic (exact) mass is 495 g/mol. The maximum absolute atomic E-state index is 13.0. The van der Waals surface area contributed by atoms with Gasteiger partial charge >= 0.3 is 5.97 Å². The van der Waals surface area contributed by atoms with Crippen molar-refractivity contribution in [3.63, 3.8) is 0 Å². The molecule has 3 aromatic carbocycles. The minimum Gasteiger partial charge on any atom is -0.477 e. The zero-order valence-electron chi connectivity index (χ0n) is 22.0. The third-order valence-corrected chi connectivity index (χ3v) is 7.52. The quantitative estimate of drug-likeness (QED) is 0.271. The first-order valence-corrected chi connectivity index (χ1v) is 12.5. The van der Waals surface area contributed by atoms with Crippen LogP contribution in [0.4, 0.5) is 17.1 Å². The summed E-state index contributed by atoms with van der Waals surface area (Å²) in [6.07, 6.45) is 3.36. The number of para-hydroxylation sites is 1. The Morgan fingerprint density at radius 2 is 1.54 bits per heavy atom. The van der Waals surface area contributed by atoms with Gasteiger partial charge in [-0.05, 0) is 117 Å². The van der Waals surface area contributed by atoms with E-state index < -0.39 is 17.6 Å². The van der Waals surface area contributed by atoms with E-state index in [1.165, 1.54) is 39.6 Å². The van der Waals surface area contributed by atoms with Crippen LogP contribution < -0.4 is 10.2 Å². The molecule has 6 nitrogen and oxygen atoms in total. The van der Waals surface area contributed by atoms with E-state index >= 15 is 0 Å². The first kappa shape index (κ1) is 25.9. The van der Waals surface area contributed by atoms with Crippen molar-refractivity contribution in [3.05, 3.63) is 93.0 Å². The van der Waals surface area contributed by atoms with E-state index in [9.17, 15) is 14.7 Å². The summed E-state index contributed by atoms with van der Waals surface area (Å²) in [7, 11) is 0. The van der Waals surface area contributed by atoms with Crippen LogP contribution in [0.15, 0.2) is 54.1 Å². The fourth-order valence-corrected chi connectivity index (χ4v) is 5.08. The second kappa shape index (κ2) is 10.4. The Balaban J connectivity index is 1.74. The van der Waals surface area contributed by atoms with Gasteiger partial charge < -0.3 is 15.3 Å². The third-order valence-electron chi connectivity index (χ3n) is 7.52. The van der Waals surface area contributed by atoms with E-state index in [0.717, 1.165) is 30.6 Å². The van der Waals surface area contributed by atoms with Crippen molar-refractivity contribution in [1.29, 1.82) is 5.41 Å². The highest BCUT2D eigenvalue weighted by atomic mass is 16.4. The molecule has 3 aromatic rings. The van der Waals surface area contributed by atoms with E-state index in [4.69, 9.17) is 5.41 Å². The lowest BCUT2D eigenvalue weighted by Gasteiger charge is -2.35. The molecule has 0 aromatic heterocycles. The van der Waals surface area contributed by atoms with Gasteiger partial charge in [0.2, 0.25) is 0 Å². The van der Waals surface area contributed by atoms with E-state index in [1.54, 1.807) is 24.3 Å². The molecule has 0 fully saturated rings. The molecule has 0 aliphatic carbocycles. The van der Waals surface area contributed by atoms with Crippen molar-refractivity contribution in [2.75, 3.05) is 16.8 Å². The topological polar surface area (TPSA) is 93.5 Å². The molecule has 0 saturated carbocycles. The summed E-state index contributed by atoms with van der Waals surface area (Å²) < 4.78 is 0. The third kappa shape index (κ3) is 5.05. The van der Waals surface area contributed by atoms with Gasteiger partial charge in [0.15, 0.2) is 5.71 Å². The Kier molecular flexibility index (Phi) is 7.30. The molecule has 0 atom stereocenters. The summed E-state index contributed by atoms with van der Waals surface area (Å²) in [5, 5.41) is 20.2. The number of amides is 1. The van der Waals surface area contributed by atoms with Crippen LogP contribution in [0.25, 0.3) is 6.08 Å². The van der Waals surface area contributed by atoms with Gasteiger partial charge in [0, 0.05) is 23.6 Å². The fourth-order valence-electron chi connectivity index (χ4n) is 5.08. The van der Waals surface area contributed by atoms with E-state index in [0.29, 0.717) is 11.3 Å². The lowest BCUT2D eigenvalue weighted by atomic mass is 9.90. The first-order valence-electron chi connectivity index (χ1n) is 12.5. The number of nitrogens with one attached hydrogen (secondary N) is 2. The lowest BCUT2D eigenvalue weighted by Crippen LogP contribution is -2.27. The van der Waals surface area contributed by atoms with Gasteiger partial charge in [-0.1, -0.05) is 24.3 Å². The molecular formula is C31H33N3O3. The summed E-state index contributed by atoms with van der Waals surface area (Å²) in [6.45, 7) is 11.8. The van der Waals surface area contributed by atoms with E-state index in [1.807, 2.05) is 24.3 Å². The van der Waals surface area contributed by atoms with Gasteiger partial charge in [-0.25, -0.2) is 4.79 Å². The number of carboxylic acids is 1. The Labute approximate surface area is 218 Å². The van der Waals surface area contributed by atoms with Gasteiger partial charge in [0.25, 0.3) is 5.91 Å². The van der Waals surface area contributed by atoms with Crippen LogP contribution in [0.2, 0.25) is 0 Å². The van der Waals surface area contributed by atoms with Crippen LogP contribution >= 0.6 is 0 Å². The molecule has 0 unspecified atom stereocenters. The number of fused-ring (bicyclic) bond motifs is 1. The number of carboxylic acid groups (broad SMARTS) is 1. The summed E-state index contributed by atoms with van der Waals surface area (Å²) in [4.78, 5) is 27.0. The molecule has 0 spiro atoms. The van der Waals surface area contributed by atoms with E-state index in [-0.39, 0.29) is 5.57 Å². The minimum absolute atomic E-state index is 0.194. The molecule has 0 radical (unpaired) electrons. The first-order chi connectivity index (χ1) is 17.6. The maximum Gasteiger partial charge on any atom is 0.354 e. The highest BCUT2D eigenvalue weighted by Crippen LogP contribution is 2.40. The smallest absolute Gasteiger partial charge is 0.354 e. The maximum atomic E-state index is 13.0. The summed E-state index contributed by atoms with van der Waals surface area (Å²) >= 11 is 0. The zero-order valence-corrected chi connectivity index (χ0v) is 22.0. The van der Waals surface area contributed by atoms with Crippen molar-refractivity contribution >= 4 is 40.7 Å². The number of carbonyl (C=O) groups is 2. The number of benzene rings is 3. The molecule has 6 heteroatoms. The molecule has 3 N–H and O–H groups in total. The Morgan fingerprint density at radius 1 is 0.919 bits per heavy atom. The van der Waals surface area contributed by atoms with Crippen molar-refractivity contribution < 1.29 is 14.7 Å². The van der Waals surface area contributed by atoms with Gasteiger partial charge in [0.05, 0.1) is 5.57 Å². The lowest BCUT2D eigenvalue weighted by molar-refractivity contribution is -0.129. The number of nitrogens with zero attached hydrogens (tertiary/aromatic N) is 1. The van der Waals surface area contributed by atoms with Gasteiger partial charge in [0.1, 0.15) is 0 Å². The van der Waals surface area contributed by atoms with Gasteiger partial charge in [-0.15, -0.1) is 0 Å². The van der Waals surface area contributed by atoms with Crippen LogP contribution in [0.5, 0.6) is 0 Å². The highest BCUT2D eigenvalue weighted by Gasteiger charge is 2.25. The largest absolute Gasteiger partial charge is 0.477 e. The number of aryl methyl sites for hydroxylation is 1. The average Bonchev–Trinajstić information content (AvgIpc) is 2.89. The van der Waals surface area contributed by atoms with Gasteiger partial charge in [-0.3, -0.25) is 10.2 Å². The number of hydrogen-bond donors (Lipinski definition) is 3. The molecule has 1 amide bonds. The molecule has 190 valence electrons. The summed E-state index contributed by atoms with van der Waals surface area (Å²) in [5.74, 6) is -2.08. The van der Waals surface area contributed by atoms with Crippen molar-refractivity contribution in [2.24, 2.45) is 0 Å². The summed E-state index contributed by atoms with van der Waals surface area (Å²) in [6, 6.07) is 14.7. The second-order valence-electron chi connectivity index (χ2n) is 9.68. The number of aliphatic carboxylic acids is 1. The van der Waals surface area contributed by atoms with Crippen LogP contribution in [-0.4, -0.2) is 29.2 Å². The Hall–Kier alpha value is -4.19. The standard InChI is InChI=1S/C31H33N3O3/c1-18-19(2)21(4)29(22(5)20(18)3)34-15-9-10-24-16-23(13-14-27(24)34)17-26(28(32)31(36)37)30(35)33-25-11-7-6-8-12-25/h6-8,11-14,16-17,32H,9-10,15H2,1-5H3,(H,33,35)(H,36,37)/b26-17-,32-28?. The van der Waals surface area contributed by atoms with Gasteiger partial charge in [-0.2, -0.15) is 0 Å².